The third-order valence-electron chi connectivity index (χ3n) is 2.23. The molecule has 1 aromatic heterocycles. The number of nitrogens with one attached hydrogen (secondary N) is 1. The van der Waals surface area contributed by atoms with Crippen molar-refractivity contribution in [2.24, 2.45) is 5.10 Å². The minimum Gasteiger partial charge on any atom is -0.481 e. The fourth-order valence-electron chi connectivity index (χ4n) is 1.29. The van der Waals surface area contributed by atoms with Gasteiger partial charge in [0.25, 0.3) is 0 Å². The molecule has 0 saturated carbocycles. The second-order valence-electron chi connectivity index (χ2n) is 3.98. The summed E-state index contributed by atoms with van der Waals surface area (Å²) in [5.41, 5.74) is 4.04. The van der Waals surface area contributed by atoms with Gasteiger partial charge in [-0.05, 0) is 20.3 Å². The highest BCUT2D eigenvalue weighted by Gasteiger charge is 2.08. The van der Waals surface area contributed by atoms with Gasteiger partial charge in [0.1, 0.15) is 0 Å². The van der Waals surface area contributed by atoms with Gasteiger partial charge in [-0.25, -0.2) is 4.98 Å². The average Bonchev–Trinajstić information content (AvgIpc) is 2.81. The van der Waals surface area contributed by atoms with E-state index in [2.05, 4.69) is 15.5 Å². The number of anilines is 1. The average molecular weight is 299 g/mol. The molecule has 0 spiro atoms. The number of thiazole rings is 1. The molecular weight excluding hydrogens is 282 g/mol. The molecule has 0 unspecified atom stereocenters. The fraction of sp³-hybridized carbons (Fsp3) is 0.500. The Labute approximate surface area is 120 Å². The lowest BCUT2D eigenvalue weighted by Gasteiger charge is -1.99. The number of carboxylic acids is 1. The van der Waals surface area contributed by atoms with E-state index < -0.39 is 5.97 Å². The summed E-state index contributed by atoms with van der Waals surface area (Å²) in [7, 11) is 0. The van der Waals surface area contributed by atoms with Crippen LogP contribution in [-0.2, 0) is 20.7 Å². The van der Waals surface area contributed by atoms with E-state index in [4.69, 9.17) is 9.84 Å². The van der Waals surface area contributed by atoms with E-state index in [1.54, 1.807) is 19.2 Å². The van der Waals surface area contributed by atoms with Crippen LogP contribution in [0.15, 0.2) is 10.5 Å². The van der Waals surface area contributed by atoms with Crippen molar-refractivity contribution >= 4 is 34.1 Å². The summed E-state index contributed by atoms with van der Waals surface area (Å²) >= 11 is 1.32. The van der Waals surface area contributed by atoms with Crippen LogP contribution in [0.5, 0.6) is 0 Å². The van der Waals surface area contributed by atoms with Crippen molar-refractivity contribution in [2.45, 2.75) is 33.1 Å². The standard InChI is InChI=1S/C12H17N3O4S/c1-3-19-11(18)6-9-7-20-12(13-9)15-14-8(2)4-5-10(16)17/h7H,3-6H2,1-2H3,(H,13,15)(H,16,17)/b14-8-. The summed E-state index contributed by atoms with van der Waals surface area (Å²) in [6.45, 7) is 3.84. The highest BCUT2D eigenvalue weighted by Crippen LogP contribution is 2.16. The molecule has 8 heteroatoms. The second kappa shape index (κ2) is 8.26. The SMILES string of the molecule is CCOC(=O)Cc1csc(N/N=C(/C)CCC(=O)O)n1. The number of carbonyl (C=O) groups is 2. The lowest BCUT2D eigenvalue weighted by atomic mass is 10.2. The zero-order chi connectivity index (χ0) is 15.0. The largest absolute Gasteiger partial charge is 0.481 e. The Hall–Kier alpha value is -1.96. The number of hydrogen-bond donors (Lipinski definition) is 2. The molecule has 1 aromatic rings. The first-order valence-electron chi connectivity index (χ1n) is 6.12. The Balaban J connectivity index is 2.45. The van der Waals surface area contributed by atoms with Crippen molar-refractivity contribution in [3.05, 3.63) is 11.1 Å². The number of hydrazone groups is 1. The normalized spacial score (nSPS) is 11.2. The summed E-state index contributed by atoms with van der Waals surface area (Å²) in [4.78, 5) is 25.9. The molecule has 0 radical (unpaired) electrons. The molecule has 0 aromatic carbocycles. The second-order valence-corrected chi connectivity index (χ2v) is 4.84. The Kier molecular flexibility index (Phi) is 6.65. The van der Waals surface area contributed by atoms with E-state index in [0.717, 1.165) is 0 Å². The van der Waals surface area contributed by atoms with Crippen LogP contribution < -0.4 is 5.43 Å². The van der Waals surface area contributed by atoms with Crippen LogP contribution in [0.2, 0.25) is 0 Å². The van der Waals surface area contributed by atoms with Gasteiger partial charge in [0.05, 0.1) is 25.1 Å². The van der Waals surface area contributed by atoms with Gasteiger partial charge < -0.3 is 9.84 Å². The van der Waals surface area contributed by atoms with Gasteiger partial charge in [-0.15, -0.1) is 11.3 Å². The maximum atomic E-state index is 11.3. The Morgan fingerprint density at radius 3 is 2.90 bits per heavy atom. The van der Waals surface area contributed by atoms with Crippen molar-refractivity contribution < 1.29 is 19.4 Å². The third-order valence-corrected chi connectivity index (χ3v) is 3.02. The minimum atomic E-state index is -0.856. The molecule has 2 N–H and O–H groups in total. The third kappa shape index (κ3) is 6.28. The maximum absolute atomic E-state index is 11.3. The zero-order valence-electron chi connectivity index (χ0n) is 11.4. The van der Waals surface area contributed by atoms with Gasteiger partial charge >= 0.3 is 11.9 Å². The number of nitrogens with zero attached hydrogens (tertiary/aromatic N) is 2. The Morgan fingerprint density at radius 2 is 2.25 bits per heavy atom. The van der Waals surface area contributed by atoms with Gasteiger partial charge in [0.15, 0.2) is 0 Å². The van der Waals surface area contributed by atoms with Gasteiger partial charge in [0.2, 0.25) is 5.13 Å². The molecule has 0 bridgehead atoms. The first-order valence-corrected chi connectivity index (χ1v) is 7.00. The fourth-order valence-corrected chi connectivity index (χ4v) is 1.94. The van der Waals surface area contributed by atoms with E-state index in [1.165, 1.54) is 11.3 Å². The number of aromatic nitrogens is 1. The van der Waals surface area contributed by atoms with Crippen molar-refractivity contribution in [3.8, 4) is 0 Å². The van der Waals surface area contributed by atoms with Crippen LogP contribution in [0.4, 0.5) is 5.13 Å². The molecule has 110 valence electrons. The van der Waals surface area contributed by atoms with E-state index in [0.29, 0.717) is 29.6 Å². The van der Waals surface area contributed by atoms with Crippen LogP contribution >= 0.6 is 11.3 Å². The van der Waals surface area contributed by atoms with Crippen LogP contribution in [0.1, 0.15) is 32.4 Å². The predicted molar refractivity (Wildman–Crippen MR) is 76.1 cm³/mol. The van der Waals surface area contributed by atoms with E-state index >= 15 is 0 Å². The number of aliphatic carboxylic acids is 1. The molecule has 1 rings (SSSR count). The monoisotopic (exact) mass is 299 g/mol. The molecule has 0 amide bonds. The van der Waals surface area contributed by atoms with Gasteiger partial charge in [0, 0.05) is 11.1 Å². The molecule has 0 aliphatic heterocycles. The van der Waals surface area contributed by atoms with E-state index in [-0.39, 0.29) is 18.8 Å². The van der Waals surface area contributed by atoms with Crippen molar-refractivity contribution in [3.63, 3.8) is 0 Å². The maximum Gasteiger partial charge on any atom is 0.311 e. The van der Waals surface area contributed by atoms with Crippen molar-refractivity contribution in [1.82, 2.24) is 4.98 Å². The topological polar surface area (TPSA) is 101 Å². The first-order chi connectivity index (χ1) is 9.51. The molecule has 0 aliphatic carbocycles. The van der Waals surface area contributed by atoms with E-state index in [1.807, 2.05) is 0 Å². The van der Waals surface area contributed by atoms with E-state index in [9.17, 15) is 9.59 Å². The lowest BCUT2D eigenvalue weighted by Crippen LogP contribution is -2.07. The molecule has 0 saturated heterocycles. The van der Waals surface area contributed by atoms with Gasteiger partial charge in [-0.3, -0.25) is 15.0 Å². The highest BCUT2D eigenvalue weighted by molar-refractivity contribution is 7.13. The smallest absolute Gasteiger partial charge is 0.311 e. The predicted octanol–water partition coefficient (Wildman–Crippen LogP) is 1.90. The molecular formula is C12H17N3O4S. The summed E-state index contributed by atoms with van der Waals surface area (Å²) in [6, 6.07) is 0. The molecule has 0 atom stereocenters. The summed E-state index contributed by atoms with van der Waals surface area (Å²) in [5, 5.41) is 14.9. The van der Waals surface area contributed by atoms with Gasteiger partial charge in [-0.1, -0.05) is 0 Å². The highest BCUT2D eigenvalue weighted by atomic mass is 32.1. The number of hydrogen-bond acceptors (Lipinski definition) is 7. The van der Waals surface area contributed by atoms with Crippen LogP contribution in [0, 0.1) is 0 Å². The molecule has 0 fully saturated rings. The Morgan fingerprint density at radius 1 is 1.50 bits per heavy atom. The van der Waals surface area contributed by atoms with Crippen LogP contribution in [0.25, 0.3) is 0 Å². The Bertz CT molecular complexity index is 499. The molecule has 7 nitrogen and oxygen atoms in total. The van der Waals surface area contributed by atoms with Crippen molar-refractivity contribution in [1.29, 1.82) is 0 Å². The number of ether oxygens (including phenoxy) is 1. The van der Waals surface area contributed by atoms with Crippen LogP contribution in [0.3, 0.4) is 0 Å². The zero-order valence-corrected chi connectivity index (χ0v) is 12.2. The number of esters is 1. The molecule has 0 aliphatic rings. The van der Waals surface area contributed by atoms with Crippen LogP contribution in [-0.4, -0.2) is 34.3 Å². The quantitative estimate of drug-likeness (QED) is 0.432. The van der Waals surface area contributed by atoms with Gasteiger partial charge in [-0.2, -0.15) is 5.10 Å². The molecule has 20 heavy (non-hydrogen) atoms. The van der Waals surface area contributed by atoms with Crippen molar-refractivity contribution in [2.75, 3.05) is 12.0 Å². The lowest BCUT2D eigenvalue weighted by molar-refractivity contribution is -0.142. The number of carboxylic acid groups (broad SMARTS) is 1. The molecule has 1 heterocycles. The summed E-state index contributed by atoms with van der Waals surface area (Å²) in [6.07, 6.45) is 0.556. The first kappa shape index (κ1) is 16.1. The number of rotatable bonds is 8. The summed E-state index contributed by atoms with van der Waals surface area (Å²) < 4.78 is 4.83. The number of carbonyl (C=O) groups excluding carboxylic acids is 1. The minimum absolute atomic E-state index is 0.0446. The summed E-state index contributed by atoms with van der Waals surface area (Å²) in [5.74, 6) is -1.17.